The first-order valence-electron chi connectivity index (χ1n) is 9.08. The number of nitrogens with zero attached hydrogens (tertiary/aromatic N) is 1. The van der Waals surface area contributed by atoms with Crippen LogP contribution < -0.4 is 5.32 Å². The molecule has 3 heteroatoms. The SMILES string of the molecule is CCNC1CC(C)CC(C)C1CN1CCC(COC)CC1. The molecule has 21 heavy (non-hydrogen) atoms. The van der Waals surface area contributed by atoms with E-state index in [0.29, 0.717) is 0 Å². The lowest BCUT2D eigenvalue weighted by molar-refractivity contribution is 0.0629. The number of hydrogen-bond donors (Lipinski definition) is 1. The van der Waals surface area contributed by atoms with Crippen molar-refractivity contribution in [1.82, 2.24) is 10.2 Å². The Kier molecular flexibility index (Phi) is 6.97. The van der Waals surface area contributed by atoms with E-state index >= 15 is 0 Å². The van der Waals surface area contributed by atoms with Gasteiger partial charge in [-0.15, -0.1) is 0 Å². The summed E-state index contributed by atoms with van der Waals surface area (Å²) in [4.78, 5) is 2.72. The van der Waals surface area contributed by atoms with Gasteiger partial charge in [-0.3, -0.25) is 0 Å². The van der Waals surface area contributed by atoms with Crippen LogP contribution in [0.15, 0.2) is 0 Å². The Balaban J connectivity index is 1.85. The normalized spacial score (nSPS) is 36.0. The fourth-order valence-corrected chi connectivity index (χ4v) is 4.58. The van der Waals surface area contributed by atoms with Crippen molar-refractivity contribution in [2.75, 3.05) is 39.9 Å². The molecule has 1 aliphatic carbocycles. The fourth-order valence-electron chi connectivity index (χ4n) is 4.58. The molecule has 0 radical (unpaired) electrons. The van der Waals surface area contributed by atoms with Crippen LogP contribution in [-0.4, -0.2) is 50.8 Å². The standard InChI is InChI=1S/C18H36N2O/c1-5-19-18-11-14(2)10-15(3)17(18)12-20-8-6-16(7-9-20)13-21-4/h14-19H,5-13H2,1-4H3. The first-order chi connectivity index (χ1) is 10.1. The number of methoxy groups -OCH3 is 1. The van der Waals surface area contributed by atoms with Crippen molar-refractivity contribution < 1.29 is 4.74 Å². The summed E-state index contributed by atoms with van der Waals surface area (Å²) in [5.41, 5.74) is 0. The molecule has 2 aliphatic rings. The van der Waals surface area contributed by atoms with E-state index in [0.717, 1.165) is 42.9 Å². The third kappa shape index (κ3) is 4.94. The molecule has 1 heterocycles. The van der Waals surface area contributed by atoms with Crippen molar-refractivity contribution in [1.29, 1.82) is 0 Å². The zero-order chi connectivity index (χ0) is 15.2. The van der Waals surface area contributed by atoms with E-state index in [-0.39, 0.29) is 0 Å². The minimum Gasteiger partial charge on any atom is -0.384 e. The van der Waals surface area contributed by atoms with Crippen molar-refractivity contribution in [3.8, 4) is 0 Å². The van der Waals surface area contributed by atoms with Gasteiger partial charge in [0, 0.05) is 26.3 Å². The molecule has 2 fully saturated rings. The Morgan fingerprint density at radius 3 is 2.48 bits per heavy atom. The van der Waals surface area contributed by atoms with Crippen molar-refractivity contribution in [2.24, 2.45) is 23.7 Å². The molecule has 3 nitrogen and oxygen atoms in total. The minimum atomic E-state index is 0.727. The highest BCUT2D eigenvalue weighted by atomic mass is 16.5. The molecule has 2 rings (SSSR count). The van der Waals surface area contributed by atoms with Crippen molar-refractivity contribution in [3.05, 3.63) is 0 Å². The molecule has 1 saturated carbocycles. The zero-order valence-electron chi connectivity index (χ0n) is 14.6. The summed E-state index contributed by atoms with van der Waals surface area (Å²) in [6.45, 7) is 13.0. The van der Waals surface area contributed by atoms with E-state index in [4.69, 9.17) is 4.74 Å². The summed E-state index contributed by atoms with van der Waals surface area (Å²) in [7, 11) is 1.83. The van der Waals surface area contributed by atoms with E-state index in [9.17, 15) is 0 Å². The summed E-state index contributed by atoms with van der Waals surface area (Å²) in [5.74, 6) is 3.36. The fraction of sp³-hybridized carbons (Fsp3) is 1.00. The number of likely N-dealkylation sites (tertiary alicyclic amines) is 1. The Bertz CT molecular complexity index is 289. The molecule has 4 unspecified atom stereocenters. The molecule has 124 valence electrons. The van der Waals surface area contributed by atoms with Gasteiger partial charge in [-0.2, -0.15) is 0 Å². The van der Waals surface area contributed by atoms with Crippen molar-refractivity contribution in [3.63, 3.8) is 0 Å². The van der Waals surface area contributed by atoms with Gasteiger partial charge in [-0.05, 0) is 69.0 Å². The molecule has 1 N–H and O–H groups in total. The molecule has 0 spiro atoms. The van der Waals surface area contributed by atoms with Crippen LogP contribution >= 0.6 is 0 Å². The lowest BCUT2D eigenvalue weighted by Crippen LogP contribution is -2.50. The third-order valence-electron chi connectivity index (χ3n) is 5.72. The lowest BCUT2D eigenvalue weighted by Gasteiger charge is -2.43. The summed E-state index contributed by atoms with van der Waals surface area (Å²) in [6.07, 6.45) is 5.41. The second kappa shape index (κ2) is 8.50. The molecular formula is C18H36N2O. The lowest BCUT2D eigenvalue weighted by atomic mass is 9.72. The Morgan fingerprint density at radius 1 is 1.14 bits per heavy atom. The Hall–Kier alpha value is -0.120. The van der Waals surface area contributed by atoms with Gasteiger partial charge in [0.25, 0.3) is 0 Å². The molecule has 1 aliphatic heterocycles. The molecule has 0 bridgehead atoms. The average molecular weight is 296 g/mol. The number of piperidine rings is 1. The molecule has 0 aromatic heterocycles. The monoisotopic (exact) mass is 296 g/mol. The highest BCUT2D eigenvalue weighted by Gasteiger charge is 2.35. The van der Waals surface area contributed by atoms with Crippen LogP contribution in [-0.2, 0) is 4.74 Å². The van der Waals surface area contributed by atoms with Crippen LogP contribution in [0.1, 0.15) is 46.5 Å². The number of nitrogens with one attached hydrogen (secondary N) is 1. The van der Waals surface area contributed by atoms with Gasteiger partial charge in [0.15, 0.2) is 0 Å². The maximum absolute atomic E-state index is 5.32. The van der Waals surface area contributed by atoms with Crippen LogP contribution in [0.2, 0.25) is 0 Å². The van der Waals surface area contributed by atoms with Crippen LogP contribution in [0.5, 0.6) is 0 Å². The third-order valence-corrected chi connectivity index (χ3v) is 5.72. The molecule has 0 aromatic rings. The number of ether oxygens (including phenoxy) is 1. The molecule has 0 amide bonds. The number of rotatable bonds is 6. The smallest absolute Gasteiger partial charge is 0.0491 e. The Morgan fingerprint density at radius 2 is 1.86 bits per heavy atom. The second-order valence-corrected chi connectivity index (χ2v) is 7.58. The van der Waals surface area contributed by atoms with Crippen LogP contribution in [0, 0.1) is 23.7 Å². The van der Waals surface area contributed by atoms with E-state index < -0.39 is 0 Å². The first-order valence-corrected chi connectivity index (χ1v) is 9.08. The summed E-state index contributed by atoms with van der Waals surface area (Å²) < 4.78 is 5.32. The highest BCUT2D eigenvalue weighted by molar-refractivity contribution is 4.90. The maximum atomic E-state index is 5.32. The van der Waals surface area contributed by atoms with Gasteiger partial charge in [0.05, 0.1) is 0 Å². The van der Waals surface area contributed by atoms with Crippen molar-refractivity contribution >= 4 is 0 Å². The van der Waals surface area contributed by atoms with E-state index in [2.05, 4.69) is 31.0 Å². The zero-order valence-corrected chi connectivity index (χ0v) is 14.6. The van der Waals surface area contributed by atoms with Gasteiger partial charge in [-0.1, -0.05) is 20.8 Å². The van der Waals surface area contributed by atoms with E-state index in [1.807, 2.05) is 7.11 Å². The predicted molar refractivity (Wildman–Crippen MR) is 89.6 cm³/mol. The van der Waals surface area contributed by atoms with Gasteiger partial charge in [0.1, 0.15) is 0 Å². The van der Waals surface area contributed by atoms with Crippen molar-refractivity contribution in [2.45, 2.75) is 52.5 Å². The van der Waals surface area contributed by atoms with E-state index in [1.165, 1.54) is 45.3 Å². The van der Waals surface area contributed by atoms with Gasteiger partial charge >= 0.3 is 0 Å². The predicted octanol–water partition coefficient (Wildman–Crippen LogP) is 3.01. The molecular weight excluding hydrogens is 260 g/mol. The van der Waals surface area contributed by atoms with Crippen LogP contribution in [0.25, 0.3) is 0 Å². The Labute approximate surface area is 131 Å². The largest absolute Gasteiger partial charge is 0.384 e. The average Bonchev–Trinajstić information content (AvgIpc) is 2.45. The van der Waals surface area contributed by atoms with E-state index in [1.54, 1.807) is 0 Å². The van der Waals surface area contributed by atoms with Crippen LogP contribution in [0.4, 0.5) is 0 Å². The molecule has 4 atom stereocenters. The van der Waals surface area contributed by atoms with Gasteiger partial charge in [0.2, 0.25) is 0 Å². The van der Waals surface area contributed by atoms with Gasteiger partial charge in [-0.25, -0.2) is 0 Å². The number of hydrogen-bond acceptors (Lipinski definition) is 3. The summed E-state index contributed by atoms with van der Waals surface area (Å²) in [5, 5.41) is 3.77. The maximum Gasteiger partial charge on any atom is 0.0491 e. The molecule has 0 aromatic carbocycles. The minimum absolute atomic E-state index is 0.727. The first kappa shape index (κ1) is 17.2. The molecule has 1 saturated heterocycles. The summed E-state index contributed by atoms with van der Waals surface area (Å²) >= 11 is 0. The summed E-state index contributed by atoms with van der Waals surface area (Å²) in [6, 6.07) is 0.727. The van der Waals surface area contributed by atoms with Gasteiger partial charge < -0.3 is 15.0 Å². The topological polar surface area (TPSA) is 24.5 Å². The highest BCUT2D eigenvalue weighted by Crippen LogP contribution is 2.35. The van der Waals surface area contributed by atoms with Crippen LogP contribution in [0.3, 0.4) is 0 Å². The quantitative estimate of drug-likeness (QED) is 0.815. The second-order valence-electron chi connectivity index (χ2n) is 7.58.